The highest BCUT2D eigenvalue weighted by molar-refractivity contribution is 5.95. The molecule has 7 nitrogen and oxygen atoms in total. The van der Waals surface area contributed by atoms with Gasteiger partial charge in [0.1, 0.15) is 5.75 Å². The molecule has 0 spiro atoms. The maximum Gasteiger partial charge on any atom is 0.253 e. The first-order valence-corrected chi connectivity index (χ1v) is 9.82. The van der Waals surface area contributed by atoms with Crippen molar-refractivity contribution in [3.8, 4) is 22.8 Å². The lowest BCUT2D eigenvalue weighted by Gasteiger charge is -2.36. The number of rotatable bonds is 5. The maximum atomic E-state index is 12.9. The van der Waals surface area contributed by atoms with Crippen LogP contribution in [0.5, 0.6) is 11.6 Å². The highest BCUT2D eigenvalue weighted by Gasteiger charge is 2.22. The summed E-state index contributed by atoms with van der Waals surface area (Å²) >= 11 is 0. The molecule has 1 saturated heterocycles. The Morgan fingerprint density at radius 2 is 1.67 bits per heavy atom. The van der Waals surface area contributed by atoms with Gasteiger partial charge in [-0.3, -0.25) is 9.78 Å². The van der Waals surface area contributed by atoms with Crippen molar-refractivity contribution in [1.29, 1.82) is 0 Å². The average Bonchev–Trinajstić information content (AvgIpc) is 2.84. The van der Waals surface area contributed by atoms with Crippen molar-refractivity contribution in [2.24, 2.45) is 0 Å². The number of aromatic nitrogens is 2. The quantitative estimate of drug-likeness (QED) is 0.651. The lowest BCUT2D eigenvalue weighted by molar-refractivity contribution is 0.0747. The van der Waals surface area contributed by atoms with Gasteiger partial charge in [-0.05, 0) is 29.8 Å². The summed E-state index contributed by atoms with van der Waals surface area (Å²) in [7, 11) is 3.23. The molecule has 1 aliphatic heterocycles. The second-order valence-electron chi connectivity index (χ2n) is 6.99. The molecule has 0 unspecified atom stereocenters. The minimum absolute atomic E-state index is 0.0516. The number of amides is 1. The second kappa shape index (κ2) is 8.82. The second-order valence-corrected chi connectivity index (χ2v) is 6.99. The number of hydrogen-bond donors (Lipinski definition) is 0. The molecule has 2 aromatic heterocycles. The molecular weight excluding hydrogens is 380 g/mol. The Hall–Kier alpha value is -3.61. The van der Waals surface area contributed by atoms with E-state index in [1.165, 1.54) is 0 Å². The van der Waals surface area contributed by atoms with Crippen molar-refractivity contribution in [1.82, 2.24) is 14.9 Å². The van der Waals surface area contributed by atoms with Gasteiger partial charge in [0.2, 0.25) is 5.88 Å². The number of methoxy groups -OCH3 is 2. The Bertz CT molecular complexity index is 998. The Morgan fingerprint density at radius 1 is 0.900 bits per heavy atom. The lowest BCUT2D eigenvalue weighted by atomic mass is 10.0. The van der Waals surface area contributed by atoms with E-state index in [1.807, 2.05) is 53.6 Å². The number of ether oxygens (including phenoxy) is 2. The number of nitrogens with zero attached hydrogens (tertiary/aromatic N) is 4. The SMILES string of the molecule is COc1ccc(N2CCN(C(=O)c3ccc(-c4ccncc4OC)cc3)CC2)cn1. The standard InChI is InChI=1S/C23H24N4O3/c1-29-21-16-24-10-9-20(21)17-3-5-18(6-4-17)23(28)27-13-11-26(12-14-27)19-7-8-22(30-2)25-15-19/h3-10,15-16H,11-14H2,1-2H3. The highest BCUT2D eigenvalue weighted by Crippen LogP contribution is 2.29. The van der Waals surface area contributed by atoms with Gasteiger partial charge in [0.05, 0.1) is 32.3 Å². The van der Waals surface area contributed by atoms with Gasteiger partial charge in [-0.15, -0.1) is 0 Å². The summed E-state index contributed by atoms with van der Waals surface area (Å²) in [6, 6.07) is 13.4. The van der Waals surface area contributed by atoms with E-state index < -0.39 is 0 Å². The number of carbonyl (C=O) groups excluding carboxylic acids is 1. The Kier molecular flexibility index (Phi) is 5.79. The molecule has 154 valence electrons. The molecule has 1 aromatic carbocycles. The minimum Gasteiger partial charge on any atom is -0.494 e. The zero-order valence-corrected chi connectivity index (χ0v) is 17.1. The molecule has 3 aromatic rings. The molecule has 0 aliphatic carbocycles. The fraction of sp³-hybridized carbons (Fsp3) is 0.261. The van der Waals surface area contributed by atoms with E-state index in [9.17, 15) is 4.79 Å². The van der Waals surface area contributed by atoms with E-state index in [4.69, 9.17) is 9.47 Å². The molecule has 0 N–H and O–H groups in total. The van der Waals surface area contributed by atoms with Crippen molar-refractivity contribution in [2.45, 2.75) is 0 Å². The van der Waals surface area contributed by atoms with Crippen LogP contribution in [-0.2, 0) is 0 Å². The maximum absolute atomic E-state index is 12.9. The third-order valence-corrected chi connectivity index (χ3v) is 5.31. The normalized spacial score (nSPS) is 13.8. The van der Waals surface area contributed by atoms with Crippen LogP contribution in [-0.4, -0.2) is 61.2 Å². The van der Waals surface area contributed by atoms with Gasteiger partial charge in [0.15, 0.2) is 0 Å². The summed E-state index contributed by atoms with van der Waals surface area (Å²) in [6.45, 7) is 2.88. The summed E-state index contributed by atoms with van der Waals surface area (Å²) in [5, 5.41) is 0. The minimum atomic E-state index is 0.0516. The molecule has 3 heterocycles. The van der Waals surface area contributed by atoms with Crippen LogP contribution in [0.3, 0.4) is 0 Å². The van der Waals surface area contributed by atoms with Gasteiger partial charge >= 0.3 is 0 Å². The van der Waals surface area contributed by atoms with Crippen molar-refractivity contribution < 1.29 is 14.3 Å². The first-order valence-electron chi connectivity index (χ1n) is 9.82. The zero-order chi connectivity index (χ0) is 20.9. The van der Waals surface area contributed by atoms with Gasteiger partial charge in [-0.1, -0.05) is 12.1 Å². The molecule has 1 fully saturated rings. The predicted octanol–water partition coefficient (Wildman–Crippen LogP) is 3.12. The van der Waals surface area contributed by atoms with Crippen LogP contribution >= 0.6 is 0 Å². The number of hydrogen-bond acceptors (Lipinski definition) is 6. The largest absolute Gasteiger partial charge is 0.494 e. The number of pyridine rings is 2. The first kappa shape index (κ1) is 19.7. The Labute approximate surface area is 175 Å². The van der Waals surface area contributed by atoms with Crippen molar-refractivity contribution in [3.63, 3.8) is 0 Å². The third-order valence-electron chi connectivity index (χ3n) is 5.31. The fourth-order valence-corrected chi connectivity index (χ4v) is 3.60. The number of carbonyl (C=O) groups is 1. The van der Waals surface area contributed by atoms with Gasteiger partial charge in [0, 0.05) is 49.6 Å². The van der Waals surface area contributed by atoms with Crippen molar-refractivity contribution in [3.05, 3.63) is 66.6 Å². The first-order chi connectivity index (χ1) is 14.7. The lowest BCUT2D eigenvalue weighted by Crippen LogP contribution is -2.48. The van der Waals surface area contributed by atoms with Crippen LogP contribution < -0.4 is 14.4 Å². The number of piperazine rings is 1. The Balaban J connectivity index is 1.40. The van der Waals surface area contributed by atoms with Gasteiger partial charge in [0.25, 0.3) is 5.91 Å². The molecule has 4 rings (SSSR count). The average molecular weight is 404 g/mol. The molecule has 30 heavy (non-hydrogen) atoms. The van der Waals surface area contributed by atoms with Crippen molar-refractivity contribution >= 4 is 11.6 Å². The van der Waals surface area contributed by atoms with Crippen LogP contribution in [0.15, 0.2) is 61.1 Å². The van der Waals surface area contributed by atoms with Gasteiger partial charge in [-0.25, -0.2) is 4.98 Å². The number of anilines is 1. The van der Waals surface area contributed by atoms with Crippen LogP contribution in [0.2, 0.25) is 0 Å². The third kappa shape index (κ3) is 4.05. The molecule has 0 bridgehead atoms. The molecule has 0 atom stereocenters. The molecular formula is C23H24N4O3. The Morgan fingerprint density at radius 3 is 2.30 bits per heavy atom. The van der Waals surface area contributed by atoms with E-state index in [0.717, 1.165) is 29.9 Å². The summed E-state index contributed by atoms with van der Waals surface area (Å²) in [4.78, 5) is 25.4. The molecule has 1 amide bonds. The van der Waals surface area contributed by atoms with Gasteiger partial charge in [-0.2, -0.15) is 0 Å². The van der Waals surface area contributed by atoms with E-state index in [0.29, 0.717) is 30.3 Å². The summed E-state index contributed by atoms with van der Waals surface area (Å²) < 4.78 is 10.5. The van der Waals surface area contributed by atoms with E-state index in [2.05, 4.69) is 14.9 Å². The van der Waals surface area contributed by atoms with E-state index >= 15 is 0 Å². The summed E-state index contributed by atoms with van der Waals surface area (Å²) in [6.07, 6.45) is 5.23. The zero-order valence-electron chi connectivity index (χ0n) is 17.1. The smallest absolute Gasteiger partial charge is 0.253 e. The van der Waals surface area contributed by atoms with E-state index in [1.54, 1.807) is 26.6 Å². The number of benzene rings is 1. The summed E-state index contributed by atoms with van der Waals surface area (Å²) in [5.74, 6) is 1.36. The van der Waals surface area contributed by atoms with Crippen LogP contribution in [0.4, 0.5) is 5.69 Å². The molecule has 0 saturated carbocycles. The van der Waals surface area contributed by atoms with Crippen LogP contribution in [0, 0.1) is 0 Å². The van der Waals surface area contributed by atoms with E-state index in [-0.39, 0.29) is 5.91 Å². The fourth-order valence-electron chi connectivity index (χ4n) is 3.60. The highest BCUT2D eigenvalue weighted by atomic mass is 16.5. The molecule has 1 aliphatic rings. The monoisotopic (exact) mass is 404 g/mol. The van der Waals surface area contributed by atoms with Crippen LogP contribution in [0.1, 0.15) is 10.4 Å². The van der Waals surface area contributed by atoms with Gasteiger partial charge < -0.3 is 19.3 Å². The summed E-state index contributed by atoms with van der Waals surface area (Å²) in [5.41, 5.74) is 3.67. The predicted molar refractivity (Wildman–Crippen MR) is 115 cm³/mol. The molecule has 7 heteroatoms. The van der Waals surface area contributed by atoms with Crippen molar-refractivity contribution in [2.75, 3.05) is 45.3 Å². The van der Waals surface area contributed by atoms with Crippen LogP contribution in [0.25, 0.3) is 11.1 Å². The topological polar surface area (TPSA) is 67.8 Å². The molecule has 0 radical (unpaired) electrons.